The molecule has 1 aromatic heterocycles. The van der Waals surface area contributed by atoms with E-state index in [9.17, 15) is 15.2 Å². The van der Waals surface area contributed by atoms with Crippen LogP contribution < -0.4 is 0 Å². The Morgan fingerprint density at radius 1 is 1.09 bits per heavy atom. The van der Waals surface area contributed by atoms with E-state index < -0.39 is 4.92 Å². The number of nitro groups is 1. The zero-order valence-electron chi connectivity index (χ0n) is 19.3. The molecule has 7 nitrogen and oxygen atoms in total. The standard InChI is InChI=1S/C27H31N2O5/c1-20(27-6-5-14-34-27)16-21-7-8-22(23-9-10-26(30)25(18-23)29(31)32)17-24(21)19-33-15-13-28-11-3-2-4-12-28/h5-10,14,17-18,20,30H,1-4,11-13,15-16,19H2. The fourth-order valence-electron chi connectivity index (χ4n) is 4.44. The van der Waals surface area contributed by atoms with Crippen LogP contribution in [0, 0.1) is 17.0 Å². The molecule has 1 aliphatic heterocycles. The smallest absolute Gasteiger partial charge is 0.311 e. The largest absolute Gasteiger partial charge is 0.502 e. The number of ether oxygens (including phenoxy) is 1. The van der Waals surface area contributed by atoms with E-state index in [2.05, 4.69) is 11.8 Å². The topological polar surface area (TPSA) is 89.0 Å². The number of phenolic OH excluding ortho intramolecular Hbond substituents is 1. The molecule has 34 heavy (non-hydrogen) atoms. The van der Waals surface area contributed by atoms with Gasteiger partial charge in [-0.25, -0.2) is 0 Å². The van der Waals surface area contributed by atoms with Gasteiger partial charge >= 0.3 is 5.69 Å². The first-order valence-corrected chi connectivity index (χ1v) is 11.8. The molecule has 0 aliphatic carbocycles. The highest BCUT2D eigenvalue weighted by atomic mass is 16.6. The summed E-state index contributed by atoms with van der Waals surface area (Å²) in [5.41, 5.74) is 3.32. The van der Waals surface area contributed by atoms with E-state index in [-0.39, 0.29) is 17.4 Å². The second-order valence-electron chi connectivity index (χ2n) is 8.82. The monoisotopic (exact) mass is 463 g/mol. The molecule has 1 atom stereocenters. The maximum Gasteiger partial charge on any atom is 0.311 e. The van der Waals surface area contributed by atoms with Crippen molar-refractivity contribution in [3.05, 3.63) is 88.7 Å². The molecular formula is C27H31N2O5. The summed E-state index contributed by atoms with van der Waals surface area (Å²) in [4.78, 5) is 13.1. The second-order valence-corrected chi connectivity index (χ2v) is 8.82. The minimum Gasteiger partial charge on any atom is -0.502 e. The third-order valence-electron chi connectivity index (χ3n) is 6.38. The van der Waals surface area contributed by atoms with E-state index in [1.54, 1.807) is 12.3 Å². The molecule has 1 N–H and O–H groups in total. The van der Waals surface area contributed by atoms with Crippen molar-refractivity contribution in [2.24, 2.45) is 0 Å². The van der Waals surface area contributed by atoms with E-state index >= 15 is 0 Å². The number of likely N-dealkylation sites (tertiary alicyclic amines) is 1. The molecule has 1 saturated heterocycles. The van der Waals surface area contributed by atoms with Gasteiger partial charge in [0.1, 0.15) is 5.76 Å². The highest BCUT2D eigenvalue weighted by Gasteiger charge is 2.17. The van der Waals surface area contributed by atoms with Crippen molar-refractivity contribution in [3.63, 3.8) is 0 Å². The molecule has 1 fully saturated rings. The van der Waals surface area contributed by atoms with Gasteiger partial charge in [-0.3, -0.25) is 10.1 Å². The van der Waals surface area contributed by atoms with Crippen molar-refractivity contribution < 1.29 is 19.2 Å². The van der Waals surface area contributed by atoms with Gasteiger partial charge in [-0.05, 0) is 85.8 Å². The van der Waals surface area contributed by atoms with E-state index in [1.807, 2.05) is 30.3 Å². The van der Waals surface area contributed by atoms with Gasteiger partial charge in [0.25, 0.3) is 0 Å². The molecule has 179 valence electrons. The van der Waals surface area contributed by atoms with E-state index in [0.29, 0.717) is 25.2 Å². The van der Waals surface area contributed by atoms with Gasteiger partial charge in [0.2, 0.25) is 0 Å². The zero-order valence-corrected chi connectivity index (χ0v) is 19.3. The van der Waals surface area contributed by atoms with Crippen LogP contribution in [0.3, 0.4) is 0 Å². The van der Waals surface area contributed by atoms with Crippen LogP contribution >= 0.6 is 0 Å². The third-order valence-corrected chi connectivity index (χ3v) is 6.38. The Labute approximate surface area is 200 Å². The van der Waals surface area contributed by atoms with E-state index in [0.717, 1.165) is 42.1 Å². The Bertz CT molecular complexity index is 1090. The molecule has 0 amide bonds. The molecule has 1 aliphatic rings. The number of hydrogen-bond donors (Lipinski definition) is 1. The molecule has 4 rings (SSSR count). The Morgan fingerprint density at radius 3 is 2.59 bits per heavy atom. The Morgan fingerprint density at radius 2 is 1.85 bits per heavy atom. The Hall–Kier alpha value is -3.16. The number of hydrogen-bond acceptors (Lipinski definition) is 6. The Kier molecular flexibility index (Phi) is 7.98. The van der Waals surface area contributed by atoms with Crippen LogP contribution in [0.15, 0.2) is 59.2 Å². The summed E-state index contributed by atoms with van der Waals surface area (Å²) in [6.45, 7) is 8.54. The van der Waals surface area contributed by atoms with Gasteiger partial charge in [0.15, 0.2) is 5.75 Å². The number of rotatable bonds is 10. The highest BCUT2D eigenvalue weighted by Crippen LogP contribution is 2.33. The Balaban J connectivity index is 1.53. The first kappa shape index (κ1) is 24.0. The summed E-state index contributed by atoms with van der Waals surface area (Å²) in [6, 6.07) is 14.2. The lowest BCUT2D eigenvalue weighted by Crippen LogP contribution is -2.32. The summed E-state index contributed by atoms with van der Waals surface area (Å²) in [5.74, 6) is 0.447. The first-order chi connectivity index (χ1) is 16.5. The molecule has 2 heterocycles. The highest BCUT2D eigenvalue weighted by molar-refractivity contribution is 5.69. The third kappa shape index (κ3) is 6.04. The average molecular weight is 464 g/mol. The van der Waals surface area contributed by atoms with Gasteiger partial charge < -0.3 is 19.2 Å². The lowest BCUT2D eigenvalue weighted by molar-refractivity contribution is -0.385. The molecule has 1 unspecified atom stereocenters. The van der Waals surface area contributed by atoms with Crippen molar-refractivity contribution in [1.29, 1.82) is 0 Å². The second kappa shape index (κ2) is 11.3. The normalized spacial score (nSPS) is 15.3. The van der Waals surface area contributed by atoms with Crippen molar-refractivity contribution in [3.8, 4) is 16.9 Å². The van der Waals surface area contributed by atoms with E-state index in [4.69, 9.17) is 9.15 Å². The zero-order chi connectivity index (χ0) is 23.9. The first-order valence-electron chi connectivity index (χ1n) is 11.8. The number of nitrogens with zero attached hydrogens (tertiary/aromatic N) is 2. The molecule has 0 bridgehead atoms. The molecule has 0 saturated carbocycles. The number of phenols is 1. The fraction of sp³-hybridized carbons (Fsp3) is 0.370. The number of nitro benzene ring substituents is 1. The minimum atomic E-state index is -0.575. The number of piperidine rings is 1. The SMILES string of the molecule is [CH2]C(Cc1ccc(-c2ccc(O)c([N+](=O)[O-])c2)cc1COCCN1CCCCC1)c1ccco1. The lowest BCUT2D eigenvalue weighted by Gasteiger charge is -2.26. The van der Waals surface area contributed by atoms with Gasteiger partial charge in [0.05, 0.1) is 24.4 Å². The van der Waals surface area contributed by atoms with Gasteiger partial charge in [-0.15, -0.1) is 0 Å². The van der Waals surface area contributed by atoms with Crippen LogP contribution in [-0.2, 0) is 17.8 Å². The quantitative estimate of drug-likeness (QED) is 0.235. The molecule has 2 aromatic carbocycles. The molecule has 7 heteroatoms. The van der Waals surface area contributed by atoms with Crippen LogP contribution in [0.2, 0.25) is 0 Å². The average Bonchev–Trinajstić information content (AvgIpc) is 3.39. The predicted octanol–water partition coefficient (Wildman–Crippen LogP) is 5.72. The summed E-state index contributed by atoms with van der Waals surface area (Å²) >= 11 is 0. The molecule has 3 aromatic rings. The molecular weight excluding hydrogens is 432 g/mol. The van der Waals surface area contributed by atoms with Crippen molar-refractivity contribution in [2.75, 3.05) is 26.2 Å². The van der Waals surface area contributed by atoms with Crippen LogP contribution in [0.1, 0.15) is 42.1 Å². The van der Waals surface area contributed by atoms with Crippen LogP contribution in [-0.4, -0.2) is 41.2 Å². The number of benzene rings is 2. The van der Waals surface area contributed by atoms with Gasteiger partial charge in [0, 0.05) is 18.5 Å². The minimum absolute atomic E-state index is 0.0392. The van der Waals surface area contributed by atoms with Crippen molar-refractivity contribution >= 4 is 5.69 Å². The maximum absolute atomic E-state index is 11.3. The maximum atomic E-state index is 11.3. The van der Waals surface area contributed by atoms with Crippen molar-refractivity contribution in [1.82, 2.24) is 4.90 Å². The molecule has 0 spiro atoms. The van der Waals surface area contributed by atoms with E-state index in [1.165, 1.54) is 31.4 Å². The lowest BCUT2D eigenvalue weighted by atomic mass is 9.92. The molecule has 1 radical (unpaired) electrons. The van der Waals surface area contributed by atoms with Crippen LogP contribution in [0.25, 0.3) is 11.1 Å². The summed E-state index contributed by atoms with van der Waals surface area (Å²) in [5, 5.41) is 21.1. The summed E-state index contributed by atoms with van der Waals surface area (Å²) in [6.07, 6.45) is 6.16. The predicted molar refractivity (Wildman–Crippen MR) is 131 cm³/mol. The van der Waals surface area contributed by atoms with Crippen molar-refractivity contribution in [2.45, 2.75) is 38.2 Å². The number of aromatic hydroxyl groups is 1. The fourth-order valence-corrected chi connectivity index (χ4v) is 4.44. The van der Waals surface area contributed by atoms with Gasteiger partial charge in [-0.1, -0.05) is 24.6 Å². The number of furan rings is 1. The van der Waals surface area contributed by atoms with Gasteiger partial charge in [-0.2, -0.15) is 0 Å². The summed E-state index contributed by atoms with van der Waals surface area (Å²) in [7, 11) is 0. The summed E-state index contributed by atoms with van der Waals surface area (Å²) < 4.78 is 11.6. The van der Waals surface area contributed by atoms with Crippen LogP contribution in [0.5, 0.6) is 5.75 Å². The van der Waals surface area contributed by atoms with Crippen LogP contribution in [0.4, 0.5) is 5.69 Å².